The Bertz CT molecular complexity index is 717. The molecule has 0 rings (SSSR count). The zero-order chi connectivity index (χ0) is 37.0. The second-order valence-corrected chi connectivity index (χ2v) is 15.5. The van der Waals surface area contributed by atoms with Gasteiger partial charge in [0.1, 0.15) is 6.10 Å². The number of carbonyl (C=O) groups excluding carboxylic acids is 1. The highest BCUT2D eigenvalue weighted by Crippen LogP contribution is 2.16. The summed E-state index contributed by atoms with van der Waals surface area (Å²) in [7, 11) is 0. The van der Waals surface area contributed by atoms with Crippen LogP contribution in [-0.2, 0) is 14.3 Å². The SMILES string of the molecule is CCCCC/C=C\C/C=C\CCCCCCCCCCCCOCC(CO)OC(=O)CCCCCCCCCCCCCCCCCCCCC. The minimum absolute atomic E-state index is 0.168. The standard InChI is InChI=1S/C47H90O4/c1-3-5-7-9-11-13-15-17-19-21-23-25-27-29-31-33-35-37-39-41-43-50-45-46(44-48)51-47(49)42-40-38-36-34-32-30-28-26-24-22-20-18-16-14-12-10-8-6-4-2/h11,13,17,19,46,48H,3-10,12,14-16,18,20-45H2,1-2H3/b13-11-,19-17-. The van der Waals surface area contributed by atoms with E-state index in [1.807, 2.05) is 0 Å². The summed E-state index contributed by atoms with van der Waals surface area (Å²) in [5, 5.41) is 9.62. The molecule has 0 spiro atoms. The Kier molecular flexibility index (Phi) is 44.0. The topological polar surface area (TPSA) is 55.8 Å². The van der Waals surface area contributed by atoms with E-state index in [0.717, 1.165) is 25.7 Å². The molecule has 4 nitrogen and oxygen atoms in total. The van der Waals surface area contributed by atoms with Crippen LogP contribution in [0, 0.1) is 0 Å². The van der Waals surface area contributed by atoms with Gasteiger partial charge in [-0.3, -0.25) is 4.79 Å². The van der Waals surface area contributed by atoms with Crippen LogP contribution >= 0.6 is 0 Å². The van der Waals surface area contributed by atoms with Crippen LogP contribution in [0.2, 0.25) is 0 Å². The lowest BCUT2D eigenvalue weighted by Gasteiger charge is -2.16. The molecule has 0 fully saturated rings. The zero-order valence-electron chi connectivity index (χ0n) is 34.6. The summed E-state index contributed by atoms with van der Waals surface area (Å²) in [6.45, 7) is 5.36. The number of allylic oxidation sites excluding steroid dienone is 4. The third-order valence-electron chi connectivity index (χ3n) is 10.3. The lowest BCUT2D eigenvalue weighted by atomic mass is 10.0. The van der Waals surface area contributed by atoms with Crippen molar-refractivity contribution in [1.29, 1.82) is 0 Å². The van der Waals surface area contributed by atoms with Gasteiger partial charge >= 0.3 is 5.97 Å². The fourth-order valence-corrected chi connectivity index (χ4v) is 6.83. The molecule has 0 aromatic carbocycles. The first-order valence-corrected chi connectivity index (χ1v) is 22.9. The molecule has 51 heavy (non-hydrogen) atoms. The summed E-state index contributed by atoms with van der Waals surface area (Å²) < 4.78 is 11.2. The van der Waals surface area contributed by atoms with Crippen molar-refractivity contribution in [2.45, 2.75) is 251 Å². The Hall–Kier alpha value is -1.13. The number of aliphatic hydroxyl groups excluding tert-OH is 1. The fourth-order valence-electron chi connectivity index (χ4n) is 6.83. The monoisotopic (exact) mass is 719 g/mol. The van der Waals surface area contributed by atoms with Crippen molar-refractivity contribution in [1.82, 2.24) is 0 Å². The van der Waals surface area contributed by atoms with Gasteiger partial charge in [0.2, 0.25) is 0 Å². The zero-order valence-corrected chi connectivity index (χ0v) is 34.6. The minimum atomic E-state index is -0.531. The quantitative estimate of drug-likeness (QED) is 0.0387. The normalized spacial score (nSPS) is 12.5. The molecule has 4 heteroatoms. The number of hydrogen-bond acceptors (Lipinski definition) is 4. The molecule has 0 saturated carbocycles. The minimum Gasteiger partial charge on any atom is -0.457 e. The second-order valence-electron chi connectivity index (χ2n) is 15.5. The van der Waals surface area contributed by atoms with Crippen molar-refractivity contribution in [3.05, 3.63) is 24.3 Å². The summed E-state index contributed by atoms with van der Waals surface area (Å²) >= 11 is 0. The first kappa shape index (κ1) is 49.9. The number of hydrogen-bond donors (Lipinski definition) is 1. The van der Waals surface area contributed by atoms with Crippen LogP contribution < -0.4 is 0 Å². The van der Waals surface area contributed by atoms with Gasteiger partial charge in [-0.1, -0.05) is 218 Å². The number of carbonyl (C=O) groups is 1. The molecular formula is C47H90O4. The van der Waals surface area contributed by atoms with Crippen LogP contribution in [-0.4, -0.2) is 37.0 Å². The molecule has 0 aliphatic carbocycles. The summed E-state index contributed by atoms with van der Waals surface area (Å²) in [5.74, 6) is -0.196. The average molecular weight is 719 g/mol. The maximum Gasteiger partial charge on any atom is 0.306 e. The molecule has 0 amide bonds. The summed E-state index contributed by atoms with van der Waals surface area (Å²) in [6.07, 6.45) is 55.3. The Morgan fingerprint density at radius 3 is 1.25 bits per heavy atom. The van der Waals surface area contributed by atoms with Crippen LogP contribution in [0.15, 0.2) is 24.3 Å². The van der Waals surface area contributed by atoms with E-state index in [2.05, 4.69) is 38.2 Å². The number of unbranched alkanes of at least 4 members (excludes halogenated alkanes) is 31. The van der Waals surface area contributed by atoms with E-state index in [0.29, 0.717) is 19.6 Å². The molecule has 1 N–H and O–H groups in total. The van der Waals surface area contributed by atoms with E-state index in [1.165, 1.54) is 199 Å². The molecule has 1 atom stereocenters. The molecule has 0 aromatic rings. The predicted molar refractivity (Wildman–Crippen MR) is 224 cm³/mol. The van der Waals surface area contributed by atoms with Crippen molar-refractivity contribution < 1.29 is 19.4 Å². The first-order valence-electron chi connectivity index (χ1n) is 22.9. The van der Waals surface area contributed by atoms with Crippen LogP contribution in [0.25, 0.3) is 0 Å². The largest absolute Gasteiger partial charge is 0.457 e. The Morgan fingerprint density at radius 2 is 0.824 bits per heavy atom. The van der Waals surface area contributed by atoms with Gasteiger partial charge in [-0.05, 0) is 44.9 Å². The van der Waals surface area contributed by atoms with Crippen molar-refractivity contribution in [3.8, 4) is 0 Å². The Labute approximate surface area is 319 Å². The average Bonchev–Trinajstić information content (AvgIpc) is 3.14. The number of esters is 1. The van der Waals surface area contributed by atoms with E-state index in [1.54, 1.807) is 0 Å². The molecule has 302 valence electrons. The third kappa shape index (κ3) is 43.2. The van der Waals surface area contributed by atoms with Gasteiger partial charge in [0.25, 0.3) is 0 Å². The van der Waals surface area contributed by atoms with E-state index in [9.17, 15) is 9.90 Å². The van der Waals surface area contributed by atoms with E-state index in [-0.39, 0.29) is 12.6 Å². The first-order chi connectivity index (χ1) is 25.2. The molecule has 0 radical (unpaired) electrons. The van der Waals surface area contributed by atoms with Gasteiger partial charge in [-0.25, -0.2) is 0 Å². The van der Waals surface area contributed by atoms with Gasteiger partial charge in [0.15, 0.2) is 0 Å². The molecule has 0 aliphatic rings. The van der Waals surface area contributed by atoms with Gasteiger partial charge in [-0.15, -0.1) is 0 Å². The highest BCUT2D eigenvalue weighted by atomic mass is 16.6. The van der Waals surface area contributed by atoms with Crippen molar-refractivity contribution in [2.75, 3.05) is 19.8 Å². The van der Waals surface area contributed by atoms with Crippen LogP contribution in [0.5, 0.6) is 0 Å². The highest BCUT2D eigenvalue weighted by molar-refractivity contribution is 5.69. The number of aliphatic hydroxyl groups is 1. The molecule has 0 heterocycles. The predicted octanol–water partition coefficient (Wildman–Crippen LogP) is 15.1. The molecule has 0 bridgehead atoms. The maximum absolute atomic E-state index is 12.2. The van der Waals surface area contributed by atoms with E-state index in [4.69, 9.17) is 9.47 Å². The lowest BCUT2D eigenvalue weighted by Crippen LogP contribution is -2.27. The highest BCUT2D eigenvalue weighted by Gasteiger charge is 2.13. The van der Waals surface area contributed by atoms with Gasteiger partial charge in [0.05, 0.1) is 13.2 Å². The van der Waals surface area contributed by atoms with E-state index < -0.39 is 6.10 Å². The molecule has 0 aliphatic heterocycles. The number of rotatable bonds is 43. The maximum atomic E-state index is 12.2. The van der Waals surface area contributed by atoms with Crippen molar-refractivity contribution in [2.24, 2.45) is 0 Å². The summed E-state index contributed by atoms with van der Waals surface area (Å²) in [5.41, 5.74) is 0. The fraction of sp³-hybridized carbons (Fsp3) is 0.894. The Balaban J connectivity index is 3.38. The summed E-state index contributed by atoms with van der Waals surface area (Å²) in [4.78, 5) is 12.2. The molecule has 0 aromatic heterocycles. The molecule has 1 unspecified atom stereocenters. The lowest BCUT2D eigenvalue weighted by molar-refractivity contribution is -0.154. The van der Waals surface area contributed by atoms with Crippen LogP contribution in [0.4, 0.5) is 0 Å². The summed E-state index contributed by atoms with van der Waals surface area (Å²) in [6, 6.07) is 0. The van der Waals surface area contributed by atoms with E-state index >= 15 is 0 Å². The van der Waals surface area contributed by atoms with Gasteiger partial charge < -0.3 is 14.6 Å². The van der Waals surface area contributed by atoms with Crippen molar-refractivity contribution in [3.63, 3.8) is 0 Å². The van der Waals surface area contributed by atoms with Crippen molar-refractivity contribution >= 4 is 5.97 Å². The second kappa shape index (κ2) is 45.0. The third-order valence-corrected chi connectivity index (χ3v) is 10.3. The van der Waals surface area contributed by atoms with Crippen LogP contribution in [0.3, 0.4) is 0 Å². The Morgan fingerprint density at radius 1 is 0.471 bits per heavy atom. The number of ether oxygens (including phenoxy) is 2. The van der Waals surface area contributed by atoms with Gasteiger partial charge in [0, 0.05) is 13.0 Å². The molecule has 0 saturated heterocycles. The van der Waals surface area contributed by atoms with Gasteiger partial charge in [-0.2, -0.15) is 0 Å². The smallest absolute Gasteiger partial charge is 0.306 e. The van der Waals surface area contributed by atoms with Crippen LogP contribution in [0.1, 0.15) is 245 Å². The molecular weight excluding hydrogens is 629 g/mol.